The SMILES string of the molecule is CCCCC/C=C\C/C=C\CCCCCCCC(=O)OC[C@H](COP(=O)(O)OCC[N+](C)(C)C)OC(=O)CCC/C=C\C/C=C\C=C\[C@@H](O)C/C=C\CCCCC. The van der Waals surface area contributed by atoms with Crippen LogP contribution in [0, 0.1) is 0 Å². The van der Waals surface area contributed by atoms with Crippen molar-refractivity contribution in [2.75, 3.05) is 47.5 Å². The van der Waals surface area contributed by atoms with Gasteiger partial charge in [0.2, 0.25) is 0 Å². The highest BCUT2D eigenvalue weighted by atomic mass is 31.2. The van der Waals surface area contributed by atoms with Crippen LogP contribution in [0.3, 0.4) is 0 Å². The number of phosphoric ester groups is 1. The van der Waals surface area contributed by atoms with E-state index in [9.17, 15) is 24.2 Å². The lowest BCUT2D eigenvalue weighted by Gasteiger charge is -2.24. The van der Waals surface area contributed by atoms with Gasteiger partial charge in [-0.3, -0.25) is 18.6 Å². The van der Waals surface area contributed by atoms with Crippen LogP contribution in [0.2, 0.25) is 0 Å². The fraction of sp³-hybridized carbons (Fsp3) is 0.696. The summed E-state index contributed by atoms with van der Waals surface area (Å²) in [6.07, 6.45) is 42.7. The van der Waals surface area contributed by atoms with Crippen molar-refractivity contribution in [3.05, 3.63) is 72.9 Å². The zero-order valence-corrected chi connectivity index (χ0v) is 37.3. The molecule has 3 atom stereocenters. The Hall–Kier alpha value is -2.59. The molecule has 0 bridgehead atoms. The lowest BCUT2D eigenvalue weighted by molar-refractivity contribution is -0.870. The van der Waals surface area contributed by atoms with Gasteiger partial charge in [-0.2, -0.15) is 0 Å². The zero-order chi connectivity index (χ0) is 42.3. The first-order valence-corrected chi connectivity index (χ1v) is 23.3. The topological polar surface area (TPSA) is 129 Å². The van der Waals surface area contributed by atoms with Crippen molar-refractivity contribution in [3.63, 3.8) is 0 Å². The minimum atomic E-state index is -4.41. The average molecular weight is 823 g/mol. The Labute approximate surface area is 347 Å². The highest BCUT2D eigenvalue weighted by Crippen LogP contribution is 2.43. The third-order valence-corrected chi connectivity index (χ3v) is 9.77. The van der Waals surface area contributed by atoms with Crippen molar-refractivity contribution < 1.29 is 47.2 Å². The molecule has 0 aliphatic heterocycles. The Balaban J connectivity index is 4.58. The molecule has 10 nitrogen and oxygen atoms in total. The lowest BCUT2D eigenvalue weighted by atomic mass is 10.1. The minimum Gasteiger partial charge on any atom is -0.462 e. The molecule has 1 unspecified atom stereocenters. The third-order valence-electron chi connectivity index (χ3n) is 8.79. The van der Waals surface area contributed by atoms with Crippen molar-refractivity contribution in [1.29, 1.82) is 0 Å². The monoisotopic (exact) mass is 823 g/mol. The number of nitrogens with zero attached hydrogens (tertiary/aromatic N) is 1. The molecular formula is C46H81NO9P+. The fourth-order valence-corrected chi connectivity index (χ4v) is 6.04. The number of esters is 2. The van der Waals surface area contributed by atoms with E-state index in [-0.39, 0.29) is 26.1 Å². The number of aliphatic hydroxyl groups excluding tert-OH is 1. The van der Waals surface area contributed by atoms with Crippen molar-refractivity contribution in [2.45, 2.75) is 161 Å². The van der Waals surface area contributed by atoms with Crippen molar-refractivity contribution in [1.82, 2.24) is 0 Å². The summed E-state index contributed by atoms with van der Waals surface area (Å²) in [7, 11) is 1.38. The predicted molar refractivity (Wildman–Crippen MR) is 235 cm³/mol. The van der Waals surface area contributed by atoms with Gasteiger partial charge in [0.25, 0.3) is 0 Å². The Morgan fingerprint density at radius 3 is 1.81 bits per heavy atom. The van der Waals surface area contributed by atoms with Crippen LogP contribution in [0.1, 0.15) is 149 Å². The largest absolute Gasteiger partial charge is 0.472 e. The molecule has 0 spiro atoms. The van der Waals surface area contributed by atoms with Gasteiger partial charge < -0.3 is 24.0 Å². The summed E-state index contributed by atoms with van der Waals surface area (Å²) in [6.45, 7) is 4.17. The Morgan fingerprint density at radius 1 is 0.632 bits per heavy atom. The molecule has 0 rings (SSSR count). The van der Waals surface area contributed by atoms with Crippen LogP contribution in [0.15, 0.2) is 72.9 Å². The molecule has 0 fully saturated rings. The fourth-order valence-electron chi connectivity index (χ4n) is 5.30. The zero-order valence-electron chi connectivity index (χ0n) is 36.4. The molecular weight excluding hydrogens is 741 g/mol. The third kappa shape index (κ3) is 41.4. The van der Waals surface area contributed by atoms with Crippen LogP contribution in [0.5, 0.6) is 0 Å². The highest BCUT2D eigenvalue weighted by Gasteiger charge is 2.27. The lowest BCUT2D eigenvalue weighted by Crippen LogP contribution is -2.37. The first kappa shape index (κ1) is 54.4. The van der Waals surface area contributed by atoms with E-state index in [1.54, 1.807) is 6.08 Å². The summed E-state index contributed by atoms with van der Waals surface area (Å²) in [6, 6.07) is 0. The van der Waals surface area contributed by atoms with Crippen LogP contribution < -0.4 is 0 Å². The van der Waals surface area contributed by atoms with E-state index in [1.807, 2.05) is 57.6 Å². The number of unbranched alkanes of at least 4 members (excludes halogenated alkanes) is 12. The van der Waals surface area contributed by atoms with Gasteiger partial charge in [0.15, 0.2) is 6.10 Å². The maximum Gasteiger partial charge on any atom is 0.472 e. The summed E-state index contributed by atoms with van der Waals surface area (Å²) in [5, 5.41) is 10.0. The number of ether oxygens (including phenoxy) is 2. The number of quaternary nitrogens is 1. The van der Waals surface area contributed by atoms with Gasteiger partial charge in [-0.25, -0.2) is 4.57 Å². The molecule has 0 aliphatic rings. The number of hydrogen-bond acceptors (Lipinski definition) is 8. The van der Waals surface area contributed by atoms with Crippen molar-refractivity contribution in [3.8, 4) is 0 Å². The second kappa shape index (κ2) is 37.7. The van der Waals surface area contributed by atoms with Crippen LogP contribution in [0.25, 0.3) is 0 Å². The van der Waals surface area contributed by atoms with Gasteiger partial charge in [-0.05, 0) is 77.0 Å². The molecule has 0 aliphatic carbocycles. The van der Waals surface area contributed by atoms with E-state index in [4.69, 9.17) is 18.5 Å². The predicted octanol–water partition coefficient (Wildman–Crippen LogP) is 11.2. The number of carbonyl (C=O) groups excluding carboxylic acids is 2. The standard InChI is InChI=1S/C46H80NO9P/c1-6-8-10-12-14-15-16-17-18-19-20-21-25-29-33-37-45(49)53-41-44(42-55-57(51,52)54-40-39-47(3,4)5)56-46(50)38-34-30-26-23-22-24-28-32-36-43(48)35-31-27-13-11-9-7-2/h14-15,17-18,23-24,26-28,31-32,36,43-44,48H,6-13,16,19-22,25,29-30,33-35,37-42H2,1-5H3/p+1/b15-14-,18-17-,26-23-,28-24-,31-27-,36-32+/t43-,44+/m0/s1. The molecule has 0 aromatic heterocycles. The molecule has 2 N–H and O–H groups in total. The van der Waals surface area contributed by atoms with Gasteiger partial charge in [-0.15, -0.1) is 0 Å². The normalized spacial score (nSPS) is 14.9. The van der Waals surface area contributed by atoms with Crippen LogP contribution in [-0.2, 0) is 32.7 Å². The van der Waals surface area contributed by atoms with E-state index in [0.29, 0.717) is 36.7 Å². The minimum absolute atomic E-state index is 0.00449. The number of aliphatic hydroxyl groups is 1. The molecule has 57 heavy (non-hydrogen) atoms. The molecule has 11 heteroatoms. The smallest absolute Gasteiger partial charge is 0.462 e. The van der Waals surface area contributed by atoms with E-state index in [2.05, 4.69) is 44.2 Å². The Kier molecular flexibility index (Phi) is 36.0. The van der Waals surface area contributed by atoms with Crippen LogP contribution >= 0.6 is 7.82 Å². The van der Waals surface area contributed by atoms with Gasteiger partial charge >= 0.3 is 19.8 Å². The van der Waals surface area contributed by atoms with Gasteiger partial charge in [-0.1, -0.05) is 132 Å². The Morgan fingerprint density at radius 2 is 1.18 bits per heavy atom. The number of likely N-dealkylation sites (N-methyl/N-ethyl adjacent to an activating group) is 1. The quantitative estimate of drug-likeness (QED) is 0.0156. The van der Waals surface area contributed by atoms with Gasteiger partial charge in [0.05, 0.1) is 33.9 Å². The maximum absolute atomic E-state index is 12.7. The van der Waals surface area contributed by atoms with Gasteiger partial charge in [0, 0.05) is 12.8 Å². The second-order valence-electron chi connectivity index (χ2n) is 15.6. The van der Waals surface area contributed by atoms with Crippen molar-refractivity contribution >= 4 is 19.8 Å². The molecule has 0 heterocycles. The van der Waals surface area contributed by atoms with E-state index >= 15 is 0 Å². The summed E-state index contributed by atoms with van der Waals surface area (Å²) in [5.74, 6) is -0.927. The molecule has 0 radical (unpaired) electrons. The molecule has 0 aromatic rings. The summed E-state index contributed by atoms with van der Waals surface area (Å²) in [5.41, 5.74) is 0. The highest BCUT2D eigenvalue weighted by molar-refractivity contribution is 7.47. The number of allylic oxidation sites excluding steroid dienone is 10. The van der Waals surface area contributed by atoms with E-state index < -0.39 is 38.6 Å². The van der Waals surface area contributed by atoms with E-state index in [0.717, 1.165) is 51.4 Å². The average Bonchev–Trinajstić information content (AvgIpc) is 3.15. The summed E-state index contributed by atoms with van der Waals surface area (Å²) in [4.78, 5) is 35.3. The summed E-state index contributed by atoms with van der Waals surface area (Å²) < 4.78 is 34.1. The molecule has 0 saturated carbocycles. The number of hydrogen-bond donors (Lipinski definition) is 2. The first-order chi connectivity index (χ1) is 27.4. The second-order valence-corrected chi connectivity index (χ2v) is 17.0. The Bertz CT molecular complexity index is 1220. The van der Waals surface area contributed by atoms with Crippen molar-refractivity contribution in [2.24, 2.45) is 0 Å². The van der Waals surface area contributed by atoms with Crippen LogP contribution in [-0.4, -0.2) is 86.1 Å². The first-order valence-electron chi connectivity index (χ1n) is 21.8. The molecule has 0 aromatic carbocycles. The van der Waals surface area contributed by atoms with Crippen LogP contribution in [0.4, 0.5) is 0 Å². The van der Waals surface area contributed by atoms with Gasteiger partial charge in [0.1, 0.15) is 19.8 Å². The molecule has 0 amide bonds. The maximum atomic E-state index is 12.7. The number of carbonyl (C=O) groups is 2. The molecule has 0 saturated heterocycles. The molecule has 328 valence electrons. The number of phosphoric acid groups is 1. The van der Waals surface area contributed by atoms with E-state index in [1.165, 1.54) is 44.9 Å². The summed E-state index contributed by atoms with van der Waals surface area (Å²) >= 11 is 0. The number of rotatable bonds is 38.